The first-order chi connectivity index (χ1) is 5.40. The lowest BCUT2D eigenvalue weighted by molar-refractivity contribution is 0.572. The fourth-order valence-electron chi connectivity index (χ4n) is 1.05. The quantitative estimate of drug-likeness (QED) is 0.515. The smallest absolute Gasteiger partial charge is 0.0981 e. The Morgan fingerprint density at radius 3 is 2.82 bits per heavy atom. The van der Waals surface area contributed by atoms with Crippen LogP contribution < -0.4 is 0 Å². The summed E-state index contributed by atoms with van der Waals surface area (Å²) in [5.41, 5.74) is 0.888. The van der Waals surface area contributed by atoms with Crippen molar-refractivity contribution in [2.45, 2.75) is 0 Å². The molecule has 0 bridgehead atoms. The largest absolute Gasteiger partial charge is 0.471 e. The minimum absolute atomic E-state index is 0.888. The Kier molecular flexibility index (Phi) is 1.20. The van der Waals surface area contributed by atoms with Gasteiger partial charge in [-0.3, -0.25) is 0 Å². The SMILES string of the molecule is C#Cc1ccc2cocc2c1. The lowest BCUT2D eigenvalue weighted by Crippen LogP contribution is -1.70. The van der Waals surface area contributed by atoms with Crippen LogP contribution in [0.5, 0.6) is 0 Å². The molecule has 1 nitrogen and oxygen atoms in total. The highest BCUT2D eigenvalue weighted by Crippen LogP contribution is 2.15. The number of rotatable bonds is 0. The van der Waals surface area contributed by atoms with Crippen LogP contribution in [0.3, 0.4) is 0 Å². The maximum Gasteiger partial charge on any atom is 0.0981 e. The van der Waals surface area contributed by atoms with E-state index in [1.165, 1.54) is 0 Å². The summed E-state index contributed by atoms with van der Waals surface area (Å²) in [5, 5.41) is 2.14. The lowest BCUT2D eigenvalue weighted by Gasteiger charge is -1.88. The first kappa shape index (κ1) is 6.06. The molecule has 2 rings (SSSR count). The molecular formula is C10H6O. The molecule has 11 heavy (non-hydrogen) atoms. The lowest BCUT2D eigenvalue weighted by atomic mass is 10.1. The van der Waals surface area contributed by atoms with E-state index in [0.717, 1.165) is 16.3 Å². The van der Waals surface area contributed by atoms with E-state index < -0.39 is 0 Å². The van der Waals surface area contributed by atoms with Crippen LogP contribution in [-0.2, 0) is 0 Å². The zero-order valence-electron chi connectivity index (χ0n) is 5.87. The van der Waals surface area contributed by atoms with Gasteiger partial charge >= 0.3 is 0 Å². The number of furan rings is 1. The third kappa shape index (κ3) is 0.890. The predicted octanol–water partition coefficient (Wildman–Crippen LogP) is 2.41. The van der Waals surface area contributed by atoms with Crippen LogP contribution in [0, 0.1) is 12.3 Å². The van der Waals surface area contributed by atoms with Gasteiger partial charge < -0.3 is 4.42 Å². The van der Waals surface area contributed by atoms with E-state index in [2.05, 4.69) is 5.92 Å². The van der Waals surface area contributed by atoms with Crippen molar-refractivity contribution in [1.82, 2.24) is 0 Å². The highest BCUT2D eigenvalue weighted by molar-refractivity contribution is 5.82. The summed E-state index contributed by atoms with van der Waals surface area (Å²) in [4.78, 5) is 0. The second kappa shape index (κ2) is 2.17. The van der Waals surface area contributed by atoms with Gasteiger partial charge in [-0.1, -0.05) is 5.92 Å². The molecule has 1 heteroatoms. The van der Waals surface area contributed by atoms with Gasteiger partial charge in [0.1, 0.15) is 0 Å². The maximum absolute atomic E-state index is 5.23. The summed E-state index contributed by atoms with van der Waals surface area (Å²) in [5.74, 6) is 2.57. The predicted molar refractivity (Wildman–Crippen MR) is 44.1 cm³/mol. The van der Waals surface area contributed by atoms with E-state index in [4.69, 9.17) is 10.8 Å². The summed E-state index contributed by atoms with van der Waals surface area (Å²) >= 11 is 0. The van der Waals surface area contributed by atoms with Crippen molar-refractivity contribution in [1.29, 1.82) is 0 Å². The van der Waals surface area contributed by atoms with E-state index in [-0.39, 0.29) is 0 Å². The van der Waals surface area contributed by atoms with Crippen molar-refractivity contribution >= 4 is 10.8 Å². The van der Waals surface area contributed by atoms with Crippen LogP contribution in [-0.4, -0.2) is 0 Å². The van der Waals surface area contributed by atoms with Gasteiger partial charge in [0.05, 0.1) is 12.5 Å². The summed E-state index contributed by atoms with van der Waals surface area (Å²) < 4.78 is 5.00. The Labute approximate surface area is 64.6 Å². The molecule has 0 atom stereocenters. The minimum Gasteiger partial charge on any atom is -0.471 e. The molecule has 0 saturated carbocycles. The van der Waals surface area contributed by atoms with Gasteiger partial charge in [-0.05, 0) is 18.2 Å². The molecule has 0 amide bonds. The fourth-order valence-corrected chi connectivity index (χ4v) is 1.05. The molecule has 0 unspecified atom stereocenters. The van der Waals surface area contributed by atoms with E-state index in [0.29, 0.717) is 0 Å². The molecule has 0 aliphatic carbocycles. The molecule has 0 aliphatic rings. The van der Waals surface area contributed by atoms with Crippen molar-refractivity contribution < 1.29 is 4.42 Å². The standard InChI is InChI=1S/C10H6O/c1-2-8-3-4-9-6-11-7-10(9)5-8/h1,3-7H. The van der Waals surface area contributed by atoms with Gasteiger partial charge in [-0.25, -0.2) is 0 Å². The first-order valence-corrected chi connectivity index (χ1v) is 3.33. The van der Waals surface area contributed by atoms with Crippen molar-refractivity contribution in [2.24, 2.45) is 0 Å². The molecular weight excluding hydrogens is 136 g/mol. The molecule has 2 aromatic rings. The summed E-state index contributed by atoms with van der Waals surface area (Å²) in [6.07, 6.45) is 8.62. The van der Waals surface area contributed by atoms with Gasteiger partial charge in [0.2, 0.25) is 0 Å². The van der Waals surface area contributed by atoms with Crippen LogP contribution in [0.1, 0.15) is 5.56 Å². The Hall–Kier alpha value is -1.68. The molecule has 1 heterocycles. The Morgan fingerprint density at radius 1 is 1.18 bits per heavy atom. The van der Waals surface area contributed by atoms with Crippen LogP contribution in [0.15, 0.2) is 35.1 Å². The third-order valence-corrected chi connectivity index (χ3v) is 1.64. The molecule has 52 valence electrons. The molecule has 1 aromatic carbocycles. The van der Waals surface area contributed by atoms with E-state index in [1.807, 2.05) is 18.2 Å². The van der Waals surface area contributed by atoms with Crippen LogP contribution >= 0.6 is 0 Å². The van der Waals surface area contributed by atoms with Crippen LogP contribution in [0.25, 0.3) is 10.8 Å². The highest BCUT2D eigenvalue weighted by atomic mass is 16.3. The summed E-state index contributed by atoms with van der Waals surface area (Å²) in [6.45, 7) is 0. The minimum atomic E-state index is 0.888. The highest BCUT2D eigenvalue weighted by Gasteiger charge is 1.94. The second-order valence-corrected chi connectivity index (χ2v) is 2.36. The average molecular weight is 142 g/mol. The molecule has 0 saturated heterocycles. The second-order valence-electron chi connectivity index (χ2n) is 2.36. The fraction of sp³-hybridized carbons (Fsp3) is 0. The number of fused-ring (bicyclic) bond motifs is 1. The zero-order valence-corrected chi connectivity index (χ0v) is 5.87. The van der Waals surface area contributed by atoms with Gasteiger partial charge in [0, 0.05) is 16.3 Å². The average Bonchev–Trinajstić information content (AvgIpc) is 2.50. The third-order valence-electron chi connectivity index (χ3n) is 1.64. The Bertz CT molecular complexity index is 418. The molecule has 0 radical (unpaired) electrons. The number of benzene rings is 1. The summed E-state index contributed by atoms with van der Waals surface area (Å²) in [7, 11) is 0. The monoisotopic (exact) mass is 142 g/mol. The van der Waals surface area contributed by atoms with Crippen molar-refractivity contribution in [3.63, 3.8) is 0 Å². The molecule has 0 fully saturated rings. The molecule has 0 N–H and O–H groups in total. The van der Waals surface area contributed by atoms with Gasteiger partial charge in [0.15, 0.2) is 0 Å². The van der Waals surface area contributed by atoms with Crippen molar-refractivity contribution in [2.75, 3.05) is 0 Å². The number of hydrogen-bond acceptors (Lipinski definition) is 1. The molecule has 1 aromatic heterocycles. The Morgan fingerprint density at radius 2 is 2.00 bits per heavy atom. The number of terminal acetylenes is 1. The Balaban J connectivity index is 2.79. The molecule has 0 spiro atoms. The topological polar surface area (TPSA) is 13.1 Å². The van der Waals surface area contributed by atoms with Gasteiger partial charge in [0.25, 0.3) is 0 Å². The normalized spacial score (nSPS) is 9.73. The van der Waals surface area contributed by atoms with Gasteiger partial charge in [-0.2, -0.15) is 0 Å². The zero-order chi connectivity index (χ0) is 7.68. The molecule has 0 aliphatic heterocycles. The van der Waals surface area contributed by atoms with Crippen molar-refractivity contribution in [3.8, 4) is 12.3 Å². The number of hydrogen-bond donors (Lipinski definition) is 0. The summed E-state index contributed by atoms with van der Waals surface area (Å²) in [6, 6.07) is 5.78. The van der Waals surface area contributed by atoms with E-state index >= 15 is 0 Å². The van der Waals surface area contributed by atoms with E-state index in [1.54, 1.807) is 12.5 Å². The van der Waals surface area contributed by atoms with Crippen LogP contribution in [0.4, 0.5) is 0 Å². The van der Waals surface area contributed by atoms with Gasteiger partial charge in [-0.15, -0.1) is 6.42 Å². The maximum atomic E-state index is 5.23. The van der Waals surface area contributed by atoms with Crippen molar-refractivity contribution in [3.05, 3.63) is 36.3 Å². The van der Waals surface area contributed by atoms with E-state index in [9.17, 15) is 0 Å². The van der Waals surface area contributed by atoms with Crippen LogP contribution in [0.2, 0.25) is 0 Å². The first-order valence-electron chi connectivity index (χ1n) is 3.33.